The van der Waals surface area contributed by atoms with Gasteiger partial charge in [0, 0.05) is 25.3 Å². The van der Waals surface area contributed by atoms with E-state index in [1.807, 2.05) is 6.92 Å². The molecule has 1 fully saturated rings. The fourth-order valence-corrected chi connectivity index (χ4v) is 1.58. The average molecular weight is 213 g/mol. The van der Waals surface area contributed by atoms with Crippen LogP contribution in [0.2, 0.25) is 0 Å². The topological polar surface area (TPSA) is 55.4 Å². The van der Waals surface area contributed by atoms with Gasteiger partial charge in [-0.25, -0.2) is 0 Å². The van der Waals surface area contributed by atoms with Gasteiger partial charge in [-0.1, -0.05) is 13.3 Å². The van der Waals surface area contributed by atoms with Gasteiger partial charge in [0.15, 0.2) is 0 Å². The number of rotatable bonds is 5. The number of carbonyl (C=O) groups is 2. The SMILES string of the molecule is CCCCC(=O)ONC1CCC(=O)CC1. The first kappa shape index (κ1) is 12.2. The summed E-state index contributed by atoms with van der Waals surface area (Å²) in [6, 6.07) is 0.160. The Hall–Kier alpha value is -0.900. The van der Waals surface area contributed by atoms with E-state index in [-0.39, 0.29) is 12.0 Å². The van der Waals surface area contributed by atoms with E-state index in [0.29, 0.717) is 25.0 Å². The van der Waals surface area contributed by atoms with Gasteiger partial charge >= 0.3 is 5.97 Å². The van der Waals surface area contributed by atoms with Crippen LogP contribution in [0.5, 0.6) is 0 Å². The lowest BCUT2D eigenvalue weighted by molar-refractivity contribution is -0.153. The molecule has 0 aromatic rings. The molecule has 15 heavy (non-hydrogen) atoms. The molecular weight excluding hydrogens is 194 g/mol. The van der Waals surface area contributed by atoms with Gasteiger partial charge < -0.3 is 4.84 Å². The molecule has 0 aromatic carbocycles. The van der Waals surface area contributed by atoms with E-state index in [2.05, 4.69) is 5.48 Å². The Morgan fingerprint density at radius 2 is 2.13 bits per heavy atom. The van der Waals surface area contributed by atoms with Crippen molar-refractivity contribution in [3.63, 3.8) is 0 Å². The summed E-state index contributed by atoms with van der Waals surface area (Å²) >= 11 is 0. The zero-order valence-corrected chi connectivity index (χ0v) is 9.25. The average Bonchev–Trinajstić information content (AvgIpc) is 2.25. The molecule has 1 N–H and O–H groups in total. The zero-order valence-electron chi connectivity index (χ0n) is 9.25. The van der Waals surface area contributed by atoms with Crippen molar-refractivity contribution in [3.8, 4) is 0 Å². The monoisotopic (exact) mass is 213 g/mol. The molecule has 0 spiro atoms. The van der Waals surface area contributed by atoms with Crippen LogP contribution in [-0.2, 0) is 14.4 Å². The molecule has 0 bridgehead atoms. The fraction of sp³-hybridized carbons (Fsp3) is 0.818. The normalized spacial score (nSPS) is 17.8. The van der Waals surface area contributed by atoms with Crippen molar-refractivity contribution in [2.24, 2.45) is 0 Å². The van der Waals surface area contributed by atoms with Crippen LogP contribution >= 0.6 is 0 Å². The van der Waals surface area contributed by atoms with Gasteiger partial charge in [-0.3, -0.25) is 9.59 Å². The van der Waals surface area contributed by atoms with E-state index in [1.165, 1.54) is 0 Å². The first-order valence-corrected chi connectivity index (χ1v) is 5.69. The van der Waals surface area contributed by atoms with Crippen molar-refractivity contribution in [1.29, 1.82) is 0 Å². The van der Waals surface area contributed by atoms with Crippen LogP contribution in [0.1, 0.15) is 51.9 Å². The second-order valence-electron chi connectivity index (χ2n) is 4.01. The molecule has 1 aliphatic rings. The molecule has 4 nitrogen and oxygen atoms in total. The number of nitrogens with one attached hydrogen (secondary N) is 1. The van der Waals surface area contributed by atoms with Gasteiger partial charge in [-0.2, -0.15) is 5.48 Å². The highest BCUT2D eigenvalue weighted by Crippen LogP contribution is 2.14. The van der Waals surface area contributed by atoms with Crippen LogP contribution in [0.3, 0.4) is 0 Å². The van der Waals surface area contributed by atoms with Crippen molar-refractivity contribution in [3.05, 3.63) is 0 Å². The summed E-state index contributed by atoms with van der Waals surface area (Å²) in [6.07, 6.45) is 5.08. The summed E-state index contributed by atoms with van der Waals surface area (Å²) in [5.74, 6) is 0.110. The number of unbranched alkanes of at least 4 members (excludes halogenated alkanes) is 1. The van der Waals surface area contributed by atoms with Crippen molar-refractivity contribution >= 4 is 11.8 Å². The highest BCUT2D eigenvalue weighted by molar-refractivity contribution is 5.79. The Labute approximate surface area is 90.3 Å². The summed E-state index contributed by atoms with van der Waals surface area (Å²) in [6.45, 7) is 2.04. The predicted molar refractivity (Wildman–Crippen MR) is 56.0 cm³/mol. The largest absolute Gasteiger partial charge is 0.370 e. The number of hydrogen-bond donors (Lipinski definition) is 1. The summed E-state index contributed by atoms with van der Waals surface area (Å²) in [4.78, 5) is 27.0. The third kappa shape index (κ3) is 4.93. The maximum absolute atomic E-state index is 11.2. The molecule has 1 saturated carbocycles. The molecule has 0 aromatic heterocycles. The molecule has 0 aliphatic heterocycles. The molecule has 0 amide bonds. The second kappa shape index (κ2) is 6.56. The minimum absolute atomic E-state index is 0.160. The minimum atomic E-state index is -0.200. The van der Waals surface area contributed by atoms with Crippen LogP contribution in [0.4, 0.5) is 0 Å². The van der Waals surface area contributed by atoms with Crippen LogP contribution in [0.15, 0.2) is 0 Å². The highest BCUT2D eigenvalue weighted by atomic mass is 16.7. The Morgan fingerprint density at radius 1 is 1.47 bits per heavy atom. The quantitative estimate of drug-likeness (QED) is 0.707. The highest BCUT2D eigenvalue weighted by Gasteiger charge is 2.19. The second-order valence-corrected chi connectivity index (χ2v) is 4.01. The number of hydrogen-bond acceptors (Lipinski definition) is 4. The van der Waals surface area contributed by atoms with E-state index in [1.54, 1.807) is 0 Å². The standard InChI is InChI=1S/C11H19NO3/c1-2-3-4-11(14)15-12-9-5-7-10(13)8-6-9/h9,12H,2-8H2,1H3. The van der Waals surface area contributed by atoms with Gasteiger partial charge in [-0.05, 0) is 19.3 Å². The molecule has 0 unspecified atom stereocenters. The van der Waals surface area contributed by atoms with Gasteiger partial charge in [-0.15, -0.1) is 0 Å². The molecule has 4 heteroatoms. The van der Waals surface area contributed by atoms with Crippen LogP contribution in [0, 0.1) is 0 Å². The molecular formula is C11H19NO3. The van der Waals surface area contributed by atoms with Crippen LogP contribution in [0.25, 0.3) is 0 Å². The summed E-state index contributed by atoms with van der Waals surface area (Å²) < 4.78 is 0. The van der Waals surface area contributed by atoms with Crippen molar-refractivity contribution in [1.82, 2.24) is 5.48 Å². The lowest BCUT2D eigenvalue weighted by Crippen LogP contribution is -2.35. The van der Waals surface area contributed by atoms with Gasteiger partial charge in [0.25, 0.3) is 0 Å². The Balaban J connectivity index is 2.09. The van der Waals surface area contributed by atoms with Crippen LogP contribution in [-0.4, -0.2) is 17.8 Å². The molecule has 0 atom stereocenters. The fourth-order valence-electron chi connectivity index (χ4n) is 1.58. The maximum Gasteiger partial charge on any atom is 0.324 e. The number of carbonyl (C=O) groups excluding carboxylic acids is 2. The van der Waals surface area contributed by atoms with Crippen molar-refractivity contribution in [2.75, 3.05) is 0 Å². The first-order chi connectivity index (χ1) is 7.22. The lowest BCUT2D eigenvalue weighted by atomic mass is 9.95. The van der Waals surface area contributed by atoms with E-state index in [0.717, 1.165) is 25.7 Å². The summed E-state index contributed by atoms with van der Waals surface area (Å²) in [5, 5.41) is 0. The molecule has 0 saturated heterocycles. The van der Waals surface area contributed by atoms with Crippen molar-refractivity contribution < 1.29 is 14.4 Å². The smallest absolute Gasteiger partial charge is 0.324 e. The van der Waals surface area contributed by atoms with E-state index in [9.17, 15) is 9.59 Å². The lowest BCUT2D eigenvalue weighted by Gasteiger charge is -2.21. The van der Waals surface area contributed by atoms with Crippen molar-refractivity contribution in [2.45, 2.75) is 57.9 Å². The van der Waals surface area contributed by atoms with Gasteiger partial charge in [0.2, 0.25) is 0 Å². The van der Waals surface area contributed by atoms with E-state index >= 15 is 0 Å². The Morgan fingerprint density at radius 3 is 2.73 bits per heavy atom. The molecule has 0 heterocycles. The van der Waals surface area contributed by atoms with Gasteiger partial charge in [0.1, 0.15) is 5.78 Å². The van der Waals surface area contributed by atoms with Crippen LogP contribution < -0.4 is 5.48 Å². The molecule has 86 valence electrons. The number of Topliss-reactive ketones (excluding diaryl/α,β-unsaturated/α-hetero) is 1. The molecule has 0 radical (unpaired) electrons. The third-order valence-electron chi connectivity index (χ3n) is 2.62. The van der Waals surface area contributed by atoms with Gasteiger partial charge in [0.05, 0.1) is 0 Å². The minimum Gasteiger partial charge on any atom is -0.370 e. The number of ketones is 1. The summed E-state index contributed by atoms with van der Waals surface area (Å²) in [5.41, 5.74) is 2.75. The van der Waals surface area contributed by atoms with E-state index < -0.39 is 0 Å². The van der Waals surface area contributed by atoms with E-state index in [4.69, 9.17) is 4.84 Å². The third-order valence-corrected chi connectivity index (χ3v) is 2.62. The first-order valence-electron chi connectivity index (χ1n) is 5.69. The molecule has 1 rings (SSSR count). The molecule has 1 aliphatic carbocycles. The summed E-state index contributed by atoms with van der Waals surface area (Å²) in [7, 11) is 0. The Kier molecular flexibility index (Phi) is 5.32. The predicted octanol–water partition coefficient (Wildman–Crippen LogP) is 1.74. The maximum atomic E-state index is 11.2. The number of hydroxylamine groups is 1. The Bertz CT molecular complexity index is 218. The zero-order chi connectivity index (χ0) is 11.1.